The third-order valence-electron chi connectivity index (χ3n) is 2.78. The maximum atomic E-state index is 11.8. The Hall–Kier alpha value is -2.55. The van der Waals surface area contributed by atoms with E-state index in [1.165, 1.54) is 17.8 Å². The first-order valence-corrected chi connectivity index (χ1v) is 7.97. The van der Waals surface area contributed by atoms with Crippen molar-refractivity contribution in [3.05, 3.63) is 40.1 Å². The molecule has 24 heavy (non-hydrogen) atoms. The molecule has 0 aliphatic rings. The Bertz CT molecular complexity index is 659. The van der Waals surface area contributed by atoms with Gasteiger partial charge >= 0.3 is 11.9 Å². The molecule has 0 spiro atoms. The number of hydrogen-bond acceptors (Lipinski definition) is 8. The lowest BCUT2D eigenvalue weighted by Gasteiger charge is -2.11. The van der Waals surface area contributed by atoms with Crippen LogP contribution in [0.25, 0.3) is 0 Å². The van der Waals surface area contributed by atoms with Crippen LogP contribution in [0.3, 0.4) is 0 Å². The number of methoxy groups -OCH3 is 2. The van der Waals surface area contributed by atoms with E-state index in [4.69, 9.17) is 0 Å². The van der Waals surface area contributed by atoms with Gasteiger partial charge in [0.2, 0.25) is 0 Å². The van der Waals surface area contributed by atoms with Crippen molar-refractivity contribution in [3.63, 3.8) is 0 Å². The number of benzene rings is 1. The fourth-order valence-electron chi connectivity index (χ4n) is 1.66. The second-order valence-electron chi connectivity index (χ2n) is 4.48. The van der Waals surface area contributed by atoms with Crippen LogP contribution in [-0.2, 0) is 19.1 Å². The zero-order valence-electron chi connectivity index (χ0n) is 13.5. The lowest BCUT2D eigenvalue weighted by atomic mass is 10.2. The normalized spacial score (nSPS) is 10.9. The van der Waals surface area contributed by atoms with Crippen LogP contribution >= 0.6 is 11.8 Å². The Kier molecular flexibility index (Phi) is 7.76. The van der Waals surface area contributed by atoms with Gasteiger partial charge in [0.05, 0.1) is 25.2 Å². The summed E-state index contributed by atoms with van der Waals surface area (Å²) in [6.07, 6.45) is 1.82. The highest BCUT2D eigenvalue weighted by Crippen LogP contribution is 2.31. The maximum Gasteiger partial charge on any atom is 0.354 e. The smallest absolute Gasteiger partial charge is 0.354 e. The first kappa shape index (κ1) is 19.5. The first-order valence-electron chi connectivity index (χ1n) is 6.99. The SMILES string of the molecule is CCCSc1ccc([N+](=O)[O-])c(N/C(=C/C(=O)OC)C(=O)OC)c1. The monoisotopic (exact) mass is 354 g/mol. The van der Waals surface area contributed by atoms with Crippen molar-refractivity contribution in [2.45, 2.75) is 18.2 Å². The number of ether oxygens (including phenoxy) is 2. The number of thioether (sulfide) groups is 1. The van der Waals surface area contributed by atoms with E-state index in [9.17, 15) is 19.7 Å². The van der Waals surface area contributed by atoms with Gasteiger partial charge in [0, 0.05) is 11.0 Å². The second kappa shape index (κ2) is 9.56. The van der Waals surface area contributed by atoms with Gasteiger partial charge in [0.15, 0.2) is 0 Å². The van der Waals surface area contributed by atoms with E-state index in [-0.39, 0.29) is 17.1 Å². The van der Waals surface area contributed by atoms with Gasteiger partial charge in [0.25, 0.3) is 5.69 Å². The van der Waals surface area contributed by atoms with Crippen molar-refractivity contribution in [2.75, 3.05) is 25.3 Å². The minimum Gasteiger partial charge on any atom is -0.466 e. The third kappa shape index (κ3) is 5.58. The van der Waals surface area contributed by atoms with E-state index in [0.717, 1.165) is 37.4 Å². The Labute approximate surface area is 143 Å². The number of nitro groups is 1. The number of esters is 2. The fourth-order valence-corrected chi connectivity index (χ4v) is 2.47. The number of carbonyl (C=O) groups excluding carboxylic acids is 2. The molecular weight excluding hydrogens is 336 g/mol. The molecule has 8 nitrogen and oxygen atoms in total. The van der Waals surface area contributed by atoms with Gasteiger partial charge in [-0.1, -0.05) is 6.92 Å². The number of carbonyl (C=O) groups is 2. The fraction of sp³-hybridized carbons (Fsp3) is 0.333. The van der Waals surface area contributed by atoms with Crippen molar-refractivity contribution < 1.29 is 24.0 Å². The van der Waals surface area contributed by atoms with Gasteiger partial charge < -0.3 is 14.8 Å². The number of anilines is 1. The van der Waals surface area contributed by atoms with E-state index >= 15 is 0 Å². The molecule has 0 fully saturated rings. The van der Waals surface area contributed by atoms with Crippen molar-refractivity contribution in [2.24, 2.45) is 0 Å². The number of nitro benzene ring substituents is 1. The molecule has 0 aliphatic heterocycles. The highest BCUT2D eigenvalue weighted by Gasteiger charge is 2.19. The molecule has 0 aromatic heterocycles. The number of rotatable bonds is 8. The summed E-state index contributed by atoms with van der Waals surface area (Å²) in [6, 6.07) is 4.52. The van der Waals surface area contributed by atoms with Crippen molar-refractivity contribution in [1.82, 2.24) is 0 Å². The molecule has 0 saturated heterocycles. The van der Waals surface area contributed by atoms with Gasteiger partial charge in [-0.05, 0) is 24.3 Å². The maximum absolute atomic E-state index is 11.8. The van der Waals surface area contributed by atoms with Crippen LogP contribution in [0, 0.1) is 10.1 Å². The van der Waals surface area contributed by atoms with E-state index < -0.39 is 16.9 Å². The summed E-state index contributed by atoms with van der Waals surface area (Å²) in [4.78, 5) is 34.5. The van der Waals surface area contributed by atoms with Crippen LogP contribution in [-0.4, -0.2) is 36.8 Å². The van der Waals surface area contributed by atoms with Crippen LogP contribution in [0.4, 0.5) is 11.4 Å². The average molecular weight is 354 g/mol. The lowest BCUT2D eigenvalue weighted by molar-refractivity contribution is -0.384. The molecule has 9 heteroatoms. The molecule has 0 bridgehead atoms. The highest BCUT2D eigenvalue weighted by atomic mass is 32.2. The lowest BCUT2D eigenvalue weighted by Crippen LogP contribution is -2.16. The van der Waals surface area contributed by atoms with Crippen LogP contribution < -0.4 is 5.32 Å². The molecule has 1 N–H and O–H groups in total. The molecule has 0 atom stereocenters. The summed E-state index contributed by atoms with van der Waals surface area (Å²) in [5.74, 6) is -0.789. The molecule has 0 unspecified atom stereocenters. The number of nitrogens with one attached hydrogen (secondary N) is 1. The van der Waals surface area contributed by atoms with Crippen LogP contribution in [0.15, 0.2) is 34.9 Å². The van der Waals surface area contributed by atoms with E-state index in [2.05, 4.69) is 14.8 Å². The van der Waals surface area contributed by atoms with Crippen molar-refractivity contribution >= 4 is 35.1 Å². The summed E-state index contributed by atoms with van der Waals surface area (Å²) in [5, 5.41) is 13.8. The Morgan fingerprint density at radius 3 is 2.58 bits per heavy atom. The Morgan fingerprint density at radius 2 is 2.04 bits per heavy atom. The standard InChI is InChI=1S/C15H18N2O6S/c1-4-7-24-10-5-6-13(17(20)21)11(8-10)16-12(15(19)23-3)9-14(18)22-2/h5-6,8-9,16H,4,7H2,1-3H3/b12-9+. The third-order valence-corrected chi connectivity index (χ3v) is 3.98. The van der Waals surface area contributed by atoms with E-state index in [1.54, 1.807) is 12.1 Å². The van der Waals surface area contributed by atoms with Gasteiger partial charge in [-0.3, -0.25) is 10.1 Å². The zero-order valence-corrected chi connectivity index (χ0v) is 14.3. The molecule has 1 rings (SSSR count). The quantitative estimate of drug-likeness (QED) is 0.250. The predicted molar refractivity (Wildman–Crippen MR) is 89.8 cm³/mol. The molecule has 0 amide bonds. The van der Waals surface area contributed by atoms with Crippen molar-refractivity contribution in [3.8, 4) is 0 Å². The molecule has 0 radical (unpaired) electrons. The number of hydrogen-bond donors (Lipinski definition) is 1. The summed E-state index contributed by atoms with van der Waals surface area (Å²) in [5.41, 5.74) is -0.401. The highest BCUT2D eigenvalue weighted by molar-refractivity contribution is 7.99. The van der Waals surface area contributed by atoms with Crippen LogP contribution in [0.1, 0.15) is 13.3 Å². The Morgan fingerprint density at radius 1 is 1.33 bits per heavy atom. The van der Waals surface area contributed by atoms with Gasteiger partial charge in [-0.2, -0.15) is 0 Å². The first-order chi connectivity index (χ1) is 11.4. The molecule has 0 saturated carbocycles. The van der Waals surface area contributed by atoms with E-state index in [1.807, 2.05) is 6.92 Å². The zero-order chi connectivity index (χ0) is 18.1. The van der Waals surface area contributed by atoms with Crippen molar-refractivity contribution in [1.29, 1.82) is 0 Å². The molecule has 130 valence electrons. The molecule has 0 heterocycles. The summed E-state index contributed by atoms with van der Waals surface area (Å²) in [7, 11) is 2.29. The number of nitrogens with zero attached hydrogens (tertiary/aromatic N) is 1. The minimum atomic E-state index is -0.846. The minimum absolute atomic E-state index is 0.0849. The molecule has 0 aliphatic carbocycles. The van der Waals surface area contributed by atoms with Gasteiger partial charge in [-0.25, -0.2) is 9.59 Å². The van der Waals surface area contributed by atoms with E-state index in [0.29, 0.717) is 0 Å². The largest absolute Gasteiger partial charge is 0.466 e. The summed E-state index contributed by atoms with van der Waals surface area (Å²) >= 11 is 1.52. The predicted octanol–water partition coefficient (Wildman–Crippen LogP) is 2.74. The molecular formula is C15H18N2O6S. The van der Waals surface area contributed by atoms with Gasteiger partial charge in [0.1, 0.15) is 11.4 Å². The van der Waals surface area contributed by atoms with Crippen LogP contribution in [0.5, 0.6) is 0 Å². The van der Waals surface area contributed by atoms with Crippen LogP contribution in [0.2, 0.25) is 0 Å². The molecule has 1 aromatic carbocycles. The van der Waals surface area contributed by atoms with Gasteiger partial charge in [-0.15, -0.1) is 11.8 Å². The topological polar surface area (TPSA) is 108 Å². The molecule has 1 aromatic rings. The second-order valence-corrected chi connectivity index (χ2v) is 5.65. The summed E-state index contributed by atoms with van der Waals surface area (Å²) in [6.45, 7) is 2.02. The summed E-state index contributed by atoms with van der Waals surface area (Å²) < 4.78 is 9.04. The Balaban J connectivity index is 3.24. The average Bonchev–Trinajstić information content (AvgIpc) is 2.58.